The molecule has 0 spiro atoms. The summed E-state index contributed by atoms with van der Waals surface area (Å²) in [6.07, 6.45) is 5.09. The molecule has 0 heterocycles. The van der Waals surface area contributed by atoms with Gasteiger partial charge in [-0.15, -0.1) is 0 Å². The number of nitrogens with one attached hydrogen (secondary N) is 1. The molecule has 3 nitrogen and oxygen atoms in total. The Labute approximate surface area is 156 Å². The van der Waals surface area contributed by atoms with Crippen LogP contribution in [0.2, 0.25) is 0 Å². The van der Waals surface area contributed by atoms with Crippen molar-refractivity contribution in [3.05, 3.63) is 64.7 Å². The summed E-state index contributed by atoms with van der Waals surface area (Å²) in [5, 5.41) is 3.07. The zero-order valence-electron chi connectivity index (χ0n) is 16.0. The van der Waals surface area contributed by atoms with Crippen molar-refractivity contribution >= 4 is 5.91 Å². The monoisotopic (exact) mass is 351 g/mol. The highest BCUT2D eigenvalue weighted by atomic mass is 16.5. The van der Waals surface area contributed by atoms with Gasteiger partial charge in [-0.1, -0.05) is 43.3 Å². The lowest BCUT2D eigenvalue weighted by atomic mass is 9.91. The number of hydrogen-bond donors (Lipinski definition) is 1. The third-order valence-corrected chi connectivity index (χ3v) is 5.27. The maximum Gasteiger partial charge on any atom is 0.261 e. The molecular weight excluding hydrogens is 322 g/mol. The summed E-state index contributed by atoms with van der Waals surface area (Å²) in [7, 11) is 0. The van der Waals surface area contributed by atoms with Gasteiger partial charge in [0.1, 0.15) is 5.75 Å². The van der Waals surface area contributed by atoms with Crippen LogP contribution in [0, 0.1) is 0 Å². The second-order valence-electron chi connectivity index (χ2n) is 7.19. The normalized spacial score (nSPS) is 15.7. The third-order valence-electron chi connectivity index (χ3n) is 5.27. The molecule has 0 aromatic heterocycles. The van der Waals surface area contributed by atoms with Gasteiger partial charge in [-0.05, 0) is 74.3 Å². The SMILES string of the molecule is CCc1ccc([C@H](C)NC(=O)[C@@H](C)Oc2cccc3c2CCCC3)cc1. The van der Waals surface area contributed by atoms with E-state index in [1.165, 1.54) is 29.5 Å². The summed E-state index contributed by atoms with van der Waals surface area (Å²) in [6, 6.07) is 14.6. The number of amides is 1. The molecule has 1 aliphatic rings. The number of fused-ring (bicyclic) bond motifs is 1. The maximum absolute atomic E-state index is 12.6. The first kappa shape index (κ1) is 18.5. The van der Waals surface area contributed by atoms with Crippen molar-refractivity contribution in [2.75, 3.05) is 0 Å². The average molecular weight is 351 g/mol. The number of carbonyl (C=O) groups excluding carboxylic acids is 1. The van der Waals surface area contributed by atoms with E-state index in [2.05, 4.69) is 42.6 Å². The molecule has 2 atom stereocenters. The van der Waals surface area contributed by atoms with Crippen LogP contribution < -0.4 is 10.1 Å². The molecule has 0 saturated heterocycles. The van der Waals surface area contributed by atoms with Crippen LogP contribution in [0.4, 0.5) is 0 Å². The van der Waals surface area contributed by atoms with Crippen molar-refractivity contribution < 1.29 is 9.53 Å². The Morgan fingerprint density at radius 1 is 1.08 bits per heavy atom. The van der Waals surface area contributed by atoms with E-state index < -0.39 is 6.10 Å². The van der Waals surface area contributed by atoms with Gasteiger partial charge in [-0.3, -0.25) is 4.79 Å². The van der Waals surface area contributed by atoms with E-state index in [-0.39, 0.29) is 11.9 Å². The smallest absolute Gasteiger partial charge is 0.261 e. The van der Waals surface area contributed by atoms with Crippen molar-refractivity contribution in [2.45, 2.75) is 65.0 Å². The highest BCUT2D eigenvalue weighted by Crippen LogP contribution is 2.30. The molecule has 0 saturated carbocycles. The van der Waals surface area contributed by atoms with E-state index in [9.17, 15) is 4.79 Å². The number of rotatable bonds is 6. The summed E-state index contributed by atoms with van der Waals surface area (Å²) in [6.45, 7) is 5.97. The lowest BCUT2D eigenvalue weighted by Crippen LogP contribution is -2.38. The molecular formula is C23H29NO2. The molecule has 2 aromatic carbocycles. The number of ether oxygens (including phenoxy) is 1. The molecule has 26 heavy (non-hydrogen) atoms. The number of benzene rings is 2. The highest BCUT2D eigenvalue weighted by molar-refractivity contribution is 5.81. The standard InChI is InChI=1S/C23H29NO2/c1-4-18-12-14-19(15-13-18)16(2)24-23(25)17(3)26-22-11-7-9-20-8-5-6-10-21(20)22/h7,9,11-17H,4-6,8,10H2,1-3H3,(H,24,25)/t16-,17+/m0/s1. The van der Waals surface area contributed by atoms with Gasteiger partial charge in [-0.2, -0.15) is 0 Å². The molecule has 138 valence electrons. The van der Waals surface area contributed by atoms with Gasteiger partial charge < -0.3 is 10.1 Å². The second-order valence-corrected chi connectivity index (χ2v) is 7.19. The van der Waals surface area contributed by atoms with E-state index in [1.54, 1.807) is 0 Å². The largest absolute Gasteiger partial charge is 0.481 e. The number of carbonyl (C=O) groups is 1. The van der Waals surface area contributed by atoms with Crippen molar-refractivity contribution in [2.24, 2.45) is 0 Å². The van der Waals surface area contributed by atoms with Crippen molar-refractivity contribution in [1.82, 2.24) is 5.32 Å². The van der Waals surface area contributed by atoms with Crippen LogP contribution in [0.1, 0.15) is 61.9 Å². The highest BCUT2D eigenvalue weighted by Gasteiger charge is 2.20. The quantitative estimate of drug-likeness (QED) is 0.814. The Morgan fingerprint density at radius 3 is 2.54 bits per heavy atom. The van der Waals surface area contributed by atoms with Gasteiger partial charge in [0.2, 0.25) is 0 Å². The summed E-state index contributed by atoms with van der Waals surface area (Å²) in [5.74, 6) is 0.787. The molecule has 1 aliphatic carbocycles. The molecule has 0 fully saturated rings. The average Bonchev–Trinajstić information content (AvgIpc) is 2.68. The molecule has 0 unspecified atom stereocenters. The first-order chi connectivity index (χ1) is 12.6. The minimum absolute atomic E-state index is 0.0378. The Kier molecular flexibility index (Phi) is 5.97. The van der Waals surface area contributed by atoms with Gasteiger partial charge in [0, 0.05) is 0 Å². The third kappa shape index (κ3) is 4.27. The zero-order valence-corrected chi connectivity index (χ0v) is 16.0. The molecule has 0 aliphatic heterocycles. The number of hydrogen-bond acceptors (Lipinski definition) is 2. The fourth-order valence-corrected chi connectivity index (χ4v) is 3.56. The summed E-state index contributed by atoms with van der Waals surface area (Å²) < 4.78 is 6.04. The lowest BCUT2D eigenvalue weighted by Gasteiger charge is -2.23. The predicted molar refractivity (Wildman–Crippen MR) is 106 cm³/mol. The molecule has 3 rings (SSSR count). The minimum atomic E-state index is -0.513. The lowest BCUT2D eigenvalue weighted by molar-refractivity contribution is -0.127. The molecule has 3 heteroatoms. The Morgan fingerprint density at radius 2 is 1.81 bits per heavy atom. The topological polar surface area (TPSA) is 38.3 Å². The van der Waals surface area contributed by atoms with Crippen molar-refractivity contribution in [3.8, 4) is 5.75 Å². The summed E-state index contributed by atoms with van der Waals surface area (Å²) >= 11 is 0. The molecule has 0 bridgehead atoms. The minimum Gasteiger partial charge on any atom is -0.481 e. The first-order valence-electron chi connectivity index (χ1n) is 9.75. The van der Waals surface area contributed by atoms with Crippen LogP contribution in [-0.4, -0.2) is 12.0 Å². The molecule has 1 N–H and O–H groups in total. The van der Waals surface area contributed by atoms with Crippen LogP contribution in [0.3, 0.4) is 0 Å². The zero-order chi connectivity index (χ0) is 18.5. The van der Waals surface area contributed by atoms with E-state index in [4.69, 9.17) is 4.74 Å². The first-order valence-corrected chi connectivity index (χ1v) is 9.75. The summed E-state index contributed by atoms with van der Waals surface area (Å²) in [4.78, 5) is 12.6. The van der Waals surface area contributed by atoms with Crippen LogP contribution >= 0.6 is 0 Å². The van der Waals surface area contributed by atoms with E-state index in [0.717, 1.165) is 30.6 Å². The molecule has 0 radical (unpaired) electrons. The van der Waals surface area contributed by atoms with Crippen LogP contribution in [0.25, 0.3) is 0 Å². The summed E-state index contributed by atoms with van der Waals surface area (Å²) in [5.41, 5.74) is 5.06. The van der Waals surface area contributed by atoms with Crippen LogP contribution in [-0.2, 0) is 24.1 Å². The Balaban J connectivity index is 1.62. The number of aryl methyl sites for hydroxylation is 2. The van der Waals surface area contributed by atoms with Gasteiger partial charge in [0.05, 0.1) is 6.04 Å². The van der Waals surface area contributed by atoms with Crippen LogP contribution in [0.5, 0.6) is 5.75 Å². The second kappa shape index (κ2) is 8.39. The molecule has 1 amide bonds. The fraction of sp³-hybridized carbons (Fsp3) is 0.435. The van der Waals surface area contributed by atoms with Crippen molar-refractivity contribution in [3.63, 3.8) is 0 Å². The van der Waals surface area contributed by atoms with E-state index in [0.29, 0.717) is 0 Å². The maximum atomic E-state index is 12.6. The van der Waals surface area contributed by atoms with Gasteiger partial charge in [0.25, 0.3) is 5.91 Å². The molecule has 2 aromatic rings. The van der Waals surface area contributed by atoms with Crippen molar-refractivity contribution in [1.29, 1.82) is 0 Å². The Bertz CT molecular complexity index is 751. The van der Waals surface area contributed by atoms with Gasteiger partial charge in [0.15, 0.2) is 6.10 Å². The Hall–Kier alpha value is -2.29. The fourth-order valence-electron chi connectivity index (χ4n) is 3.56. The van der Waals surface area contributed by atoms with Crippen LogP contribution in [0.15, 0.2) is 42.5 Å². The van der Waals surface area contributed by atoms with Gasteiger partial charge >= 0.3 is 0 Å². The predicted octanol–water partition coefficient (Wildman–Crippen LogP) is 4.77. The van der Waals surface area contributed by atoms with E-state index >= 15 is 0 Å². The van der Waals surface area contributed by atoms with Gasteiger partial charge in [-0.25, -0.2) is 0 Å². The van der Waals surface area contributed by atoms with E-state index in [1.807, 2.05) is 26.0 Å².